The lowest BCUT2D eigenvalue weighted by Gasteiger charge is -2.13. The Hall–Kier alpha value is -3.35. The van der Waals surface area contributed by atoms with Crippen molar-refractivity contribution in [3.8, 4) is 5.75 Å². The maximum absolute atomic E-state index is 6.02. The lowest BCUT2D eigenvalue weighted by molar-refractivity contribution is 0.411. The van der Waals surface area contributed by atoms with E-state index in [2.05, 4.69) is 32.5 Å². The highest BCUT2D eigenvalue weighted by atomic mass is 16.5. The number of nitrogen functional groups attached to an aromatic ring is 1. The number of hydrogen-bond acceptors (Lipinski definition) is 6. The van der Waals surface area contributed by atoms with Gasteiger partial charge < -0.3 is 15.8 Å². The van der Waals surface area contributed by atoms with E-state index in [-0.39, 0.29) is 0 Å². The standard InChI is InChI=1S/C18H18N6O/c1-24-17-14(10-21-24)16(19)22-18(23-17)20-9-13-12-6-4-3-5-11(12)7-8-15(13)25-2/h3-8,10H,9H2,1-2H3,(H3,19,20,22,23). The molecule has 0 aliphatic heterocycles. The Labute approximate surface area is 144 Å². The van der Waals surface area contributed by atoms with Crippen LogP contribution in [0.25, 0.3) is 21.8 Å². The van der Waals surface area contributed by atoms with Gasteiger partial charge in [-0.15, -0.1) is 0 Å². The summed E-state index contributed by atoms with van der Waals surface area (Å²) >= 11 is 0. The SMILES string of the molecule is COc1ccc2ccccc2c1CNc1nc(N)c2cnn(C)c2n1. The number of benzene rings is 2. The second-order valence-electron chi connectivity index (χ2n) is 5.76. The number of aromatic nitrogens is 4. The molecule has 4 aromatic rings. The highest BCUT2D eigenvalue weighted by Gasteiger charge is 2.12. The van der Waals surface area contributed by atoms with Crippen molar-refractivity contribution in [1.82, 2.24) is 19.7 Å². The van der Waals surface area contributed by atoms with E-state index in [0.717, 1.165) is 27.5 Å². The fourth-order valence-electron chi connectivity index (χ4n) is 2.98. The van der Waals surface area contributed by atoms with Gasteiger partial charge in [-0.25, -0.2) is 0 Å². The first-order chi connectivity index (χ1) is 12.2. The first-order valence-corrected chi connectivity index (χ1v) is 7.91. The number of anilines is 2. The first kappa shape index (κ1) is 15.2. The topological polar surface area (TPSA) is 90.9 Å². The molecular weight excluding hydrogens is 316 g/mol. The Morgan fingerprint density at radius 1 is 1.12 bits per heavy atom. The summed E-state index contributed by atoms with van der Waals surface area (Å²) < 4.78 is 7.20. The van der Waals surface area contributed by atoms with Gasteiger partial charge in [0.1, 0.15) is 11.6 Å². The molecule has 0 spiro atoms. The van der Waals surface area contributed by atoms with Crippen LogP contribution in [0.2, 0.25) is 0 Å². The molecule has 0 radical (unpaired) electrons. The number of aryl methyl sites for hydroxylation is 1. The second-order valence-corrected chi connectivity index (χ2v) is 5.76. The Morgan fingerprint density at radius 3 is 2.80 bits per heavy atom. The molecule has 0 saturated carbocycles. The van der Waals surface area contributed by atoms with Crippen LogP contribution >= 0.6 is 0 Å². The van der Waals surface area contributed by atoms with E-state index in [1.165, 1.54) is 0 Å². The third kappa shape index (κ3) is 2.59. The zero-order valence-electron chi connectivity index (χ0n) is 14.0. The molecule has 25 heavy (non-hydrogen) atoms. The number of nitrogens with one attached hydrogen (secondary N) is 1. The molecule has 4 rings (SSSR count). The van der Waals surface area contributed by atoms with E-state index < -0.39 is 0 Å². The van der Waals surface area contributed by atoms with E-state index in [9.17, 15) is 0 Å². The molecule has 0 aliphatic rings. The van der Waals surface area contributed by atoms with E-state index in [1.54, 1.807) is 18.0 Å². The minimum absolute atomic E-state index is 0.408. The zero-order chi connectivity index (χ0) is 17.4. The van der Waals surface area contributed by atoms with Crippen LogP contribution in [0.4, 0.5) is 11.8 Å². The van der Waals surface area contributed by atoms with E-state index in [4.69, 9.17) is 10.5 Å². The van der Waals surface area contributed by atoms with Gasteiger partial charge in [0.2, 0.25) is 5.95 Å². The number of nitrogens with two attached hydrogens (primary N) is 1. The Bertz CT molecular complexity index is 1070. The second kappa shape index (κ2) is 5.94. The molecule has 7 heteroatoms. The van der Waals surface area contributed by atoms with Gasteiger partial charge in [-0.05, 0) is 16.8 Å². The number of rotatable bonds is 4. The van der Waals surface area contributed by atoms with Crippen LogP contribution in [0.1, 0.15) is 5.56 Å². The lowest BCUT2D eigenvalue weighted by atomic mass is 10.0. The van der Waals surface area contributed by atoms with Gasteiger partial charge in [-0.1, -0.05) is 30.3 Å². The summed E-state index contributed by atoms with van der Waals surface area (Å²) in [6.07, 6.45) is 1.67. The molecule has 3 N–H and O–H groups in total. The van der Waals surface area contributed by atoms with Crippen LogP contribution in [-0.4, -0.2) is 26.9 Å². The van der Waals surface area contributed by atoms with Crippen molar-refractivity contribution < 1.29 is 4.74 Å². The maximum Gasteiger partial charge on any atom is 0.226 e. The van der Waals surface area contributed by atoms with Gasteiger partial charge in [0, 0.05) is 19.2 Å². The molecule has 7 nitrogen and oxygen atoms in total. The average Bonchev–Trinajstić information content (AvgIpc) is 3.01. The smallest absolute Gasteiger partial charge is 0.226 e. The molecule has 0 bridgehead atoms. The Morgan fingerprint density at radius 2 is 1.96 bits per heavy atom. The van der Waals surface area contributed by atoms with Crippen LogP contribution < -0.4 is 15.8 Å². The van der Waals surface area contributed by atoms with Crippen molar-refractivity contribution in [3.63, 3.8) is 0 Å². The molecule has 0 unspecified atom stereocenters. The fourth-order valence-corrected chi connectivity index (χ4v) is 2.98. The van der Waals surface area contributed by atoms with Crippen LogP contribution in [0.15, 0.2) is 42.6 Å². The van der Waals surface area contributed by atoms with Gasteiger partial charge in [0.15, 0.2) is 5.65 Å². The summed E-state index contributed by atoms with van der Waals surface area (Å²) in [5.74, 6) is 1.69. The van der Waals surface area contributed by atoms with Crippen molar-refractivity contribution in [2.75, 3.05) is 18.2 Å². The summed E-state index contributed by atoms with van der Waals surface area (Å²) in [5, 5.41) is 10.5. The normalized spacial score (nSPS) is 11.1. The number of nitrogens with zero attached hydrogens (tertiary/aromatic N) is 4. The molecule has 126 valence electrons. The zero-order valence-corrected chi connectivity index (χ0v) is 14.0. The molecular formula is C18H18N6O. The highest BCUT2D eigenvalue weighted by molar-refractivity contribution is 5.88. The maximum atomic E-state index is 6.02. The largest absolute Gasteiger partial charge is 0.496 e. The molecule has 0 saturated heterocycles. The van der Waals surface area contributed by atoms with Crippen molar-refractivity contribution >= 4 is 33.6 Å². The summed E-state index contributed by atoms with van der Waals surface area (Å²) in [6.45, 7) is 0.521. The van der Waals surface area contributed by atoms with E-state index in [0.29, 0.717) is 24.0 Å². The number of ether oxygens (including phenoxy) is 1. The fraction of sp³-hybridized carbons (Fsp3) is 0.167. The van der Waals surface area contributed by atoms with Crippen molar-refractivity contribution in [3.05, 3.63) is 48.2 Å². The minimum atomic E-state index is 0.408. The molecule has 0 amide bonds. The predicted molar refractivity (Wildman–Crippen MR) is 98.5 cm³/mol. The van der Waals surface area contributed by atoms with Crippen molar-refractivity contribution in [2.24, 2.45) is 7.05 Å². The average molecular weight is 334 g/mol. The Balaban J connectivity index is 1.72. The Kier molecular flexibility index (Phi) is 3.61. The highest BCUT2D eigenvalue weighted by Crippen LogP contribution is 2.28. The monoisotopic (exact) mass is 334 g/mol. The van der Waals surface area contributed by atoms with Crippen LogP contribution in [0.5, 0.6) is 5.75 Å². The van der Waals surface area contributed by atoms with Crippen LogP contribution in [0.3, 0.4) is 0 Å². The third-order valence-corrected chi connectivity index (χ3v) is 4.26. The molecule has 0 atom stereocenters. The number of methoxy groups -OCH3 is 1. The van der Waals surface area contributed by atoms with E-state index >= 15 is 0 Å². The molecule has 0 aliphatic carbocycles. The molecule has 2 aromatic carbocycles. The summed E-state index contributed by atoms with van der Waals surface area (Å²) in [4.78, 5) is 8.83. The van der Waals surface area contributed by atoms with Gasteiger partial charge in [0.05, 0.1) is 18.7 Å². The molecule has 2 aromatic heterocycles. The quantitative estimate of drug-likeness (QED) is 0.596. The van der Waals surface area contributed by atoms with Crippen LogP contribution in [-0.2, 0) is 13.6 Å². The van der Waals surface area contributed by atoms with Gasteiger partial charge >= 0.3 is 0 Å². The van der Waals surface area contributed by atoms with E-state index in [1.807, 2.05) is 31.3 Å². The lowest BCUT2D eigenvalue weighted by Crippen LogP contribution is -2.08. The molecule has 2 heterocycles. The number of hydrogen-bond donors (Lipinski definition) is 2. The van der Waals surface area contributed by atoms with Gasteiger partial charge in [0.25, 0.3) is 0 Å². The third-order valence-electron chi connectivity index (χ3n) is 4.26. The van der Waals surface area contributed by atoms with Gasteiger partial charge in [-0.3, -0.25) is 4.68 Å². The van der Waals surface area contributed by atoms with Crippen molar-refractivity contribution in [1.29, 1.82) is 0 Å². The van der Waals surface area contributed by atoms with Crippen LogP contribution in [0, 0.1) is 0 Å². The minimum Gasteiger partial charge on any atom is -0.496 e. The first-order valence-electron chi connectivity index (χ1n) is 7.91. The predicted octanol–water partition coefficient (Wildman–Crippen LogP) is 2.72. The summed E-state index contributed by atoms with van der Waals surface area (Å²) in [6, 6.07) is 12.2. The number of fused-ring (bicyclic) bond motifs is 2. The van der Waals surface area contributed by atoms with Gasteiger partial charge in [-0.2, -0.15) is 15.1 Å². The summed E-state index contributed by atoms with van der Waals surface area (Å²) in [5.41, 5.74) is 7.76. The van der Waals surface area contributed by atoms with Crippen molar-refractivity contribution in [2.45, 2.75) is 6.54 Å². The summed E-state index contributed by atoms with van der Waals surface area (Å²) in [7, 11) is 3.50. The molecule has 0 fully saturated rings.